The average Bonchev–Trinajstić information content (AvgIpc) is 2.73. The van der Waals surface area contributed by atoms with Gasteiger partial charge in [0.2, 0.25) is 0 Å². The van der Waals surface area contributed by atoms with Crippen molar-refractivity contribution in [1.82, 2.24) is 0 Å². The molecule has 1 aromatic carbocycles. The summed E-state index contributed by atoms with van der Waals surface area (Å²) in [6.45, 7) is 4.41. The highest BCUT2D eigenvalue weighted by molar-refractivity contribution is 6.04. The molecule has 1 heterocycles. The Morgan fingerprint density at radius 3 is 1.53 bits per heavy atom. The number of carbonyl (C=O) groups is 2. The zero-order valence-electron chi connectivity index (χ0n) is 10.1. The van der Waals surface area contributed by atoms with Gasteiger partial charge in [0.1, 0.15) is 0 Å². The first-order chi connectivity index (χ1) is 8.17. The summed E-state index contributed by atoms with van der Waals surface area (Å²) in [7, 11) is 0. The minimum absolute atomic E-state index is 0.579. The monoisotopic (exact) mass is 232 g/mol. The van der Waals surface area contributed by atoms with Crippen LogP contribution < -0.4 is 0 Å². The summed E-state index contributed by atoms with van der Waals surface area (Å²) in [5, 5.41) is 0. The van der Waals surface area contributed by atoms with Crippen LogP contribution in [0.15, 0.2) is 36.4 Å². The number of carbonyl (C=O) groups excluding carboxylic acids is 2. The summed E-state index contributed by atoms with van der Waals surface area (Å²) >= 11 is 0. The molecule has 0 N–H and O–H groups in total. The molecule has 0 spiro atoms. The molecule has 0 aliphatic carbocycles. The lowest BCUT2D eigenvalue weighted by molar-refractivity contribution is -0.150. The number of aryl methyl sites for hydroxylation is 2. The minimum atomic E-state index is -0.579. The Hall–Kier alpha value is -1.90. The lowest BCUT2D eigenvalue weighted by atomic mass is 10.0. The van der Waals surface area contributed by atoms with Gasteiger partial charge >= 0.3 is 11.9 Å². The lowest BCUT2D eigenvalue weighted by Crippen LogP contribution is -1.96. The second kappa shape index (κ2) is 6.63. The first-order valence-electron chi connectivity index (χ1n) is 5.68. The molecule has 0 saturated carbocycles. The molecule has 0 fully saturated rings. The van der Waals surface area contributed by atoms with Crippen molar-refractivity contribution in [3.8, 4) is 0 Å². The molecule has 0 aromatic heterocycles. The van der Waals surface area contributed by atoms with Gasteiger partial charge in [0.25, 0.3) is 0 Å². The quantitative estimate of drug-likeness (QED) is 0.581. The predicted octanol–water partition coefficient (Wildman–Crippen LogP) is 2.44. The summed E-state index contributed by atoms with van der Waals surface area (Å²) in [5.74, 6) is -1.16. The highest BCUT2D eigenvalue weighted by Gasteiger charge is 2.10. The third-order valence-electron chi connectivity index (χ3n) is 2.44. The fourth-order valence-electron chi connectivity index (χ4n) is 1.55. The molecule has 90 valence electrons. The number of cyclic esters (lactones) is 2. The lowest BCUT2D eigenvalue weighted by Gasteiger charge is -2.02. The Balaban J connectivity index is 0.000000181. The normalized spacial score (nSPS) is 13.1. The maximum atomic E-state index is 9.92. The number of hydrogen-bond acceptors (Lipinski definition) is 3. The van der Waals surface area contributed by atoms with Crippen molar-refractivity contribution in [2.24, 2.45) is 0 Å². The van der Waals surface area contributed by atoms with Gasteiger partial charge in [0.15, 0.2) is 0 Å². The van der Waals surface area contributed by atoms with Crippen molar-refractivity contribution in [1.29, 1.82) is 0 Å². The van der Waals surface area contributed by atoms with E-state index in [4.69, 9.17) is 0 Å². The number of esters is 2. The number of benzene rings is 1. The summed E-state index contributed by atoms with van der Waals surface area (Å²) < 4.78 is 3.97. The van der Waals surface area contributed by atoms with Gasteiger partial charge in [-0.25, -0.2) is 9.59 Å². The van der Waals surface area contributed by atoms with Crippen LogP contribution in [0.1, 0.15) is 25.0 Å². The molecule has 1 aliphatic rings. The molecule has 0 amide bonds. The third kappa shape index (κ3) is 4.23. The Labute approximate surface area is 101 Å². The van der Waals surface area contributed by atoms with E-state index in [0.717, 1.165) is 25.0 Å². The van der Waals surface area contributed by atoms with Crippen molar-refractivity contribution >= 4 is 11.9 Å². The largest absolute Gasteiger partial charge is 0.387 e. The van der Waals surface area contributed by atoms with Gasteiger partial charge in [-0.1, -0.05) is 38.1 Å². The van der Waals surface area contributed by atoms with Crippen molar-refractivity contribution in [2.75, 3.05) is 0 Å². The van der Waals surface area contributed by atoms with E-state index in [0.29, 0.717) is 0 Å². The average molecular weight is 232 g/mol. The minimum Gasteiger partial charge on any atom is -0.387 e. The number of hydrogen-bond donors (Lipinski definition) is 0. The zero-order valence-corrected chi connectivity index (χ0v) is 10.1. The molecular formula is C14H16O3. The van der Waals surface area contributed by atoms with Crippen molar-refractivity contribution in [3.05, 3.63) is 47.5 Å². The van der Waals surface area contributed by atoms with E-state index in [-0.39, 0.29) is 0 Å². The highest BCUT2D eigenvalue weighted by atomic mass is 16.6. The topological polar surface area (TPSA) is 43.4 Å². The van der Waals surface area contributed by atoms with Gasteiger partial charge in [0, 0.05) is 12.2 Å². The molecule has 0 saturated heterocycles. The smallest absolute Gasteiger partial charge is 0.338 e. The maximum Gasteiger partial charge on any atom is 0.338 e. The molecule has 17 heavy (non-hydrogen) atoms. The van der Waals surface area contributed by atoms with E-state index in [1.807, 2.05) is 0 Å². The van der Waals surface area contributed by atoms with Gasteiger partial charge < -0.3 is 4.74 Å². The Morgan fingerprint density at radius 1 is 0.882 bits per heavy atom. The maximum absolute atomic E-state index is 9.92. The van der Waals surface area contributed by atoms with Crippen LogP contribution in [-0.2, 0) is 27.2 Å². The standard InChI is InChI=1S/C10H14.C4H2O3/c1-3-9-7-5-6-8-10(9)4-2;5-3-1-2-4(6)7-3/h5-8H,3-4H2,1-2H3;1-2H. The van der Waals surface area contributed by atoms with Crippen LogP contribution in [0.5, 0.6) is 0 Å². The van der Waals surface area contributed by atoms with Crippen LogP contribution in [0, 0.1) is 0 Å². The molecular weight excluding hydrogens is 216 g/mol. The zero-order chi connectivity index (χ0) is 12.7. The fourth-order valence-corrected chi connectivity index (χ4v) is 1.55. The van der Waals surface area contributed by atoms with Gasteiger partial charge in [-0.15, -0.1) is 0 Å². The number of rotatable bonds is 2. The summed E-state index contributed by atoms with van der Waals surface area (Å²) in [4.78, 5) is 19.8. The molecule has 0 radical (unpaired) electrons. The van der Waals surface area contributed by atoms with Crippen LogP contribution in [0.2, 0.25) is 0 Å². The van der Waals surface area contributed by atoms with Gasteiger partial charge in [-0.2, -0.15) is 0 Å². The van der Waals surface area contributed by atoms with Gasteiger partial charge in [-0.05, 0) is 24.0 Å². The Bertz CT molecular complexity index is 394. The molecule has 2 rings (SSSR count). The van der Waals surface area contributed by atoms with Crippen molar-refractivity contribution in [2.45, 2.75) is 26.7 Å². The molecule has 0 atom stereocenters. The second-order valence-electron chi connectivity index (χ2n) is 3.55. The number of ether oxygens (including phenoxy) is 1. The van der Waals surface area contributed by atoms with Gasteiger partial charge in [-0.3, -0.25) is 0 Å². The summed E-state index contributed by atoms with van der Waals surface area (Å²) in [6.07, 6.45) is 4.48. The van der Waals surface area contributed by atoms with E-state index in [9.17, 15) is 9.59 Å². The van der Waals surface area contributed by atoms with Crippen molar-refractivity contribution in [3.63, 3.8) is 0 Å². The van der Waals surface area contributed by atoms with E-state index in [2.05, 4.69) is 42.8 Å². The van der Waals surface area contributed by atoms with Crippen LogP contribution in [-0.4, -0.2) is 11.9 Å². The van der Waals surface area contributed by atoms with E-state index >= 15 is 0 Å². The van der Waals surface area contributed by atoms with Gasteiger partial charge in [0.05, 0.1) is 0 Å². The molecule has 3 heteroatoms. The second-order valence-corrected chi connectivity index (χ2v) is 3.55. The van der Waals surface area contributed by atoms with E-state index < -0.39 is 11.9 Å². The van der Waals surface area contributed by atoms with Crippen LogP contribution in [0.25, 0.3) is 0 Å². The molecule has 1 aromatic rings. The molecule has 0 bridgehead atoms. The summed E-state index contributed by atoms with van der Waals surface area (Å²) in [6, 6.07) is 8.63. The molecule has 0 unspecified atom stereocenters. The molecule has 1 aliphatic heterocycles. The predicted molar refractivity (Wildman–Crippen MR) is 65.4 cm³/mol. The third-order valence-corrected chi connectivity index (χ3v) is 2.44. The fraction of sp³-hybridized carbons (Fsp3) is 0.286. The Kier molecular flexibility index (Phi) is 5.14. The van der Waals surface area contributed by atoms with Crippen LogP contribution >= 0.6 is 0 Å². The molecule has 3 nitrogen and oxygen atoms in total. The summed E-state index contributed by atoms with van der Waals surface area (Å²) in [5.41, 5.74) is 2.98. The SMILES string of the molecule is CCc1ccccc1CC.O=C1C=CC(=O)O1. The van der Waals surface area contributed by atoms with Crippen molar-refractivity contribution < 1.29 is 14.3 Å². The first-order valence-corrected chi connectivity index (χ1v) is 5.68. The van der Waals surface area contributed by atoms with Crippen LogP contribution in [0.4, 0.5) is 0 Å². The van der Waals surface area contributed by atoms with E-state index in [1.54, 1.807) is 0 Å². The highest BCUT2D eigenvalue weighted by Crippen LogP contribution is 2.08. The first kappa shape index (κ1) is 13.2. The van der Waals surface area contributed by atoms with Crippen LogP contribution in [0.3, 0.4) is 0 Å². The Morgan fingerprint density at radius 2 is 1.29 bits per heavy atom. The van der Waals surface area contributed by atoms with E-state index in [1.165, 1.54) is 11.1 Å².